The summed E-state index contributed by atoms with van der Waals surface area (Å²) >= 11 is 0. The molecule has 1 atom stereocenters. The van der Waals surface area contributed by atoms with E-state index in [0.29, 0.717) is 0 Å². The average molecular weight is 244 g/mol. The Balaban J connectivity index is 1.74. The molecule has 1 unspecified atom stereocenters. The first-order chi connectivity index (χ1) is 8.67. The van der Waals surface area contributed by atoms with E-state index in [0.717, 1.165) is 31.6 Å². The second-order valence-electron chi connectivity index (χ2n) is 5.78. The van der Waals surface area contributed by atoms with Gasteiger partial charge in [0.2, 0.25) is 5.91 Å². The van der Waals surface area contributed by atoms with Gasteiger partial charge in [-0.1, -0.05) is 6.07 Å². The molecular weight excluding hydrogens is 224 g/mol. The zero-order valence-corrected chi connectivity index (χ0v) is 10.9. The van der Waals surface area contributed by atoms with Gasteiger partial charge in [-0.25, -0.2) is 0 Å². The van der Waals surface area contributed by atoms with Crippen molar-refractivity contribution in [2.45, 2.75) is 32.6 Å². The summed E-state index contributed by atoms with van der Waals surface area (Å²) in [5.74, 6) is 0.144. The highest BCUT2D eigenvalue weighted by Crippen LogP contribution is 2.28. The van der Waals surface area contributed by atoms with Crippen LogP contribution in [0.15, 0.2) is 18.2 Å². The maximum Gasteiger partial charge on any atom is 0.231 e. The van der Waals surface area contributed by atoms with E-state index in [1.54, 1.807) is 0 Å². The lowest BCUT2D eigenvalue weighted by Gasteiger charge is -2.21. The number of amides is 1. The largest absolute Gasteiger partial charge is 0.326 e. The molecule has 1 fully saturated rings. The van der Waals surface area contributed by atoms with Crippen molar-refractivity contribution in [2.24, 2.45) is 5.41 Å². The van der Waals surface area contributed by atoms with E-state index in [1.807, 2.05) is 13.0 Å². The Morgan fingerprint density at radius 2 is 2.17 bits per heavy atom. The van der Waals surface area contributed by atoms with Crippen LogP contribution < -0.4 is 10.6 Å². The van der Waals surface area contributed by atoms with Crippen LogP contribution in [0.5, 0.6) is 0 Å². The van der Waals surface area contributed by atoms with Gasteiger partial charge < -0.3 is 10.6 Å². The number of carbonyl (C=O) groups is 1. The molecule has 2 N–H and O–H groups in total. The van der Waals surface area contributed by atoms with Crippen LogP contribution >= 0.6 is 0 Å². The quantitative estimate of drug-likeness (QED) is 0.836. The van der Waals surface area contributed by atoms with Gasteiger partial charge in [0.25, 0.3) is 0 Å². The Morgan fingerprint density at radius 3 is 2.94 bits per heavy atom. The number of hydrogen-bond acceptors (Lipinski definition) is 2. The molecule has 1 saturated heterocycles. The molecule has 0 bridgehead atoms. The van der Waals surface area contributed by atoms with Gasteiger partial charge >= 0.3 is 0 Å². The van der Waals surface area contributed by atoms with Crippen LogP contribution in [0.4, 0.5) is 5.69 Å². The van der Waals surface area contributed by atoms with E-state index >= 15 is 0 Å². The molecule has 1 aromatic rings. The first-order valence-corrected chi connectivity index (χ1v) is 6.81. The standard InChI is InChI=1S/C15H20N2O/c1-15(7-8-16-10-15)14(18)17-13-6-5-11-3-2-4-12(11)9-13/h5-6,9,16H,2-4,7-8,10H2,1H3,(H,17,18). The maximum atomic E-state index is 12.3. The summed E-state index contributed by atoms with van der Waals surface area (Å²) in [5.41, 5.74) is 3.55. The smallest absolute Gasteiger partial charge is 0.231 e. The zero-order valence-electron chi connectivity index (χ0n) is 10.9. The number of rotatable bonds is 2. The fourth-order valence-corrected chi connectivity index (χ4v) is 2.94. The highest BCUT2D eigenvalue weighted by molar-refractivity contribution is 5.95. The van der Waals surface area contributed by atoms with Gasteiger partial charge in [0, 0.05) is 12.2 Å². The van der Waals surface area contributed by atoms with Gasteiger partial charge in [0.1, 0.15) is 0 Å². The third-order valence-electron chi connectivity index (χ3n) is 4.27. The molecule has 0 aromatic heterocycles. The van der Waals surface area contributed by atoms with Gasteiger partial charge in [0.05, 0.1) is 5.41 Å². The van der Waals surface area contributed by atoms with Crippen molar-refractivity contribution in [3.8, 4) is 0 Å². The van der Waals surface area contributed by atoms with Crippen molar-refractivity contribution in [3.63, 3.8) is 0 Å². The summed E-state index contributed by atoms with van der Waals surface area (Å²) in [6.45, 7) is 3.76. The Labute approximate surface area is 108 Å². The summed E-state index contributed by atoms with van der Waals surface area (Å²) in [6, 6.07) is 6.34. The first kappa shape index (κ1) is 11.7. The molecule has 0 saturated carbocycles. The minimum absolute atomic E-state index is 0.144. The van der Waals surface area contributed by atoms with Crippen LogP contribution in [-0.4, -0.2) is 19.0 Å². The second-order valence-corrected chi connectivity index (χ2v) is 5.78. The topological polar surface area (TPSA) is 41.1 Å². The van der Waals surface area contributed by atoms with Crippen molar-refractivity contribution < 1.29 is 4.79 Å². The minimum atomic E-state index is -0.251. The third kappa shape index (κ3) is 2.03. The van der Waals surface area contributed by atoms with E-state index in [9.17, 15) is 4.79 Å². The summed E-state index contributed by atoms with van der Waals surface area (Å²) in [5, 5.41) is 6.34. The van der Waals surface area contributed by atoms with Crippen LogP contribution in [0.1, 0.15) is 30.9 Å². The second kappa shape index (κ2) is 4.39. The summed E-state index contributed by atoms with van der Waals surface area (Å²) in [6.07, 6.45) is 4.50. The summed E-state index contributed by atoms with van der Waals surface area (Å²) in [7, 11) is 0. The van der Waals surface area contributed by atoms with E-state index in [1.165, 1.54) is 24.0 Å². The molecule has 2 aliphatic rings. The molecule has 1 amide bonds. The Morgan fingerprint density at radius 1 is 1.33 bits per heavy atom. The number of hydrogen-bond donors (Lipinski definition) is 2. The van der Waals surface area contributed by atoms with Crippen LogP contribution in [0.3, 0.4) is 0 Å². The third-order valence-corrected chi connectivity index (χ3v) is 4.27. The van der Waals surface area contributed by atoms with E-state index in [-0.39, 0.29) is 11.3 Å². The van der Waals surface area contributed by atoms with Gasteiger partial charge in [-0.05, 0) is 62.4 Å². The molecule has 1 heterocycles. The van der Waals surface area contributed by atoms with E-state index in [4.69, 9.17) is 0 Å². The van der Waals surface area contributed by atoms with Gasteiger partial charge in [-0.3, -0.25) is 4.79 Å². The molecule has 18 heavy (non-hydrogen) atoms. The lowest BCUT2D eigenvalue weighted by molar-refractivity contribution is -0.123. The SMILES string of the molecule is CC1(C(=O)Nc2ccc3c(c2)CCC3)CCNC1. The normalized spacial score (nSPS) is 26.1. The van der Waals surface area contributed by atoms with Crippen molar-refractivity contribution >= 4 is 11.6 Å². The minimum Gasteiger partial charge on any atom is -0.326 e. The number of fused-ring (bicyclic) bond motifs is 1. The maximum absolute atomic E-state index is 12.3. The van der Waals surface area contributed by atoms with Gasteiger partial charge in [-0.15, -0.1) is 0 Å². The number of benzene rings is 1. The number of anilines is 1. The van der Waals surface area contributed by atoms with Gasteiger partial charge in [-0.2, -0.15) is 0 Å². The predicted molar refractivity (Wildman–Crippen MR) is 72.7 cm³/mol. The van der Waals surface area contributed by atoms with E-state index in [2.05, 4.69) is 22.8 Å². The lowest BCUT2D eigenvalue weighted by Crippen LogP contribution is -2.35. The highest BCUT2D eigenvalue weighted by atomic mass is 16.2. The summed E-state index contributed by atoms with van der Waals surface area (Å²) < 4.78 is 0. The molecule has 0 radical (unpaired) electrons. The van der Waals surface area contributed by atoms with Crippen LogP contribution in [0.2, 0.25) is 0 Å². The van der Waals surface area contributed by atoms with Crippen molar-refractivity contribution in [1.82, 2.24) is 5.32 Å². The molecule has 3 nitrogen and oxygen atoms in total. The average Bonchev–Trinajstić information content (AvgIpc) is 2.98. The fraction of sp³-hybridized carbons (Fsp3) is 0.533. The first-order valence-electron chi connectivity index (χ1n) is 6.81. The van der Waals surface area contributed by atoms with Crippen LogP contribution in [0, 0.1) is 5.41 Å². The molecule has 1 aromatic carbocycles. The number of nitrogens with one attached hydrogen (secondary N) is 2. The van der Waals surface area contributed by atoms with Crippen molar-refractivity contribution in [3.05, 3.63) is 29.3 Å². The predicted octanol–water partition coefficient (Wildman–Crippen LogP) is 2.11. The van der Waals surface area contributed by atoms with Gasteiger partial charge in [0.15, 0.2) is 0 Å². The lowest BCUT2D eigenvalue weighted by atomic mass is 9.88. The van der Waals surface area contributed by atoms with Crippen LogP contribution in [-0.2, 0) is 17.6 Å². The Hall–Kier alpha value is -1.35. The van der Waals surface area contributed by atoms with Crippen molar-refractivity contribution in [2.75, 3.05) is 18.4 Å². The molecule has 1 aliphatic carbocycles. The molecule has 3 rings (SSSR count). The molecular formula is C15H20N2O. The summed E-state index contributed by atoms with van der Waals surface area (Å²) in [4.78, 5) is 12.3. The van der Waals surface area contributed by atoms with E-state index < -0.39 is 0 Å². The molecule has 0 spiro atoms. The fourth-order valence-electron chi connectivity index (χ4n) is 2.94. The molecule has 1 aliphatic heterocycles. The number of aryl methyl sites for hydroxylation is 2. The monoisotopic (exact) mass is 244 g/mol. The molecule has 96 valence electrons. The highest BCUT2D eigenvalue weighted by Gasteiger charge is 2.36. The number of carbonyl (C=O) groups excluding carboxylic acids is 1. The van der Waals surface area contributed by atoms with Crippen molar-refractivity contribution in [1.29, 1.82) is 0 Å². The van der Waals surface area contributed by atoms with Crippen LogP contribution in [0.25, 0.3) is 0 Å². The zero-order chi connectivity index (χ0) is 12.6. The Kier molecular flexibility index (Phi) is 2.86. The molecule has 3 heteroatoms. The Bertz CT molecular complexity index is 475.